The van der Waals surface area contributed by atoms with Gasteiger partial charge in [0, 0.05) is 6.20 Å². The lowest BCUT2D eigenvalue weighted by Crippen LogP contribution is -1.88. The molecular formula is C7H3BrClN3. The van der Waals surface area contributed by atoms with Gasteiger partial charge in [-0.2, -0.15) is 0 Å². The molecule has 5 heteroatoms. The van der Waals surface area contributed by atoms with E-state index in [2.05, 4.69) is 30.9 Å². The topological polar surface area (TPSA) is 38.7 Å². The first-order chi connectivity index (χ1) is 5.77. The lowest BCUT2D eigenvalue weighted by atomic mass is 10.4. The molecule has 0 N–H and O–H groups in total. The summed E-state index contributed by atoms with van der Waals surface area (Å²) in [6, 6.07) is 3.63. The molecule has 0 bridgehead atoms. The first-order valence-electron chi connectivity index (χ1n) is 3.21. The van der Waals surface area contributed by atoms with Crippen molar-refractivity contribution in [2.75, 3.05) is 0 Å². The molecule has 12 heavy (non-hydrogen) atoms. The minimum absolute atomic E-state index is 0.334. The summed E-state index contributed by atoms with van der Waals surface area (Å²) in [6.45, 7) is 0. The van der Waals surface area contributed by atoms with E-state index in [0.29, 0.717) is 15.4 Å². The molecule has 0 aliphatic carbocycles. The van der Waals surface area contributed by atoms with Gasteiger partial charge in [-0.15, -0.1) is 0 Å². The third-order valence-electron chi connectivity index (χ3n) is 1.36. The van der Waals surface area contributed by atoms with E-state index in [1.54, 1.807) is 12.3 Å². The number of halogens is 2. The first-order valence-corrected chi connectivity index (χ1v) is 4.38. The molecule has 2 aromatic rings. The largest absolute Gasteiger partial charge is 0.235 e. The van der Waals surface area contributed by atoms with Gasteiger partial charge < -0.3 is 0 Å². The van der Waals surface area contributed by atoms with E-state index >= 15 is 0 Å². The van der Waals surface area contributed by atoms with Crippen molar-refractivity contribution in [3.63, 3.8) is 0 Å². The van der Waals surface area contributed by atoms with Gasteiger partial charge in [-0.3, -0.25) is 0 Å². The van der Waals surface area contributed by atoms with Gasteiger partial charge in [0.2, 0.25) is 0 Å². The maximum absolute atomic E-state index is 5.73. The number of pyridine rings is 1. The third-order valence-corrected chi connectivity index (χ3v) is 2.40. The third kappa shape index (κ3) is 1.28. The summed E-state index contributed by atoms with van der Waals surface area (Å²) in [5.41, 5.74) is 1.29. The van der Waals surface area contributed by atoms with Crippen molar-refractivity contribution in [3.05, 3.63) is 28.1 Å². The van der Waals surface area contributed by atoms with Crippen LogP contribution in [-0.4, -0.2) is 15.0 Å². The normalized spacial score (nSPS) is 10.5. The maximum Gasteiger partial charge on any atom is 0.179 e. The summed E-state index contributed by atoms with van der Waals surface area (Å²) >= 11 is 8.91. The molecular weight excluding hydrogens is 241 g/mol. The summed E-state index contributed by atoms with van der Waals surface area (Å²) in [5, 5.41) is 0.334. The highest BCUT2D eigenvalue weighted by Gasteiger charge is 2.02. The molecule has 2 heterocycles. The molecule has 0 saturated heterocycles. The second-order valence-corrected chi connectivity index (χ2v) is 3.26. The van der Waals surface area contributed by atoms with Crippen LogP contribution in [-0.2, 0) is 0 Å². The van der Waals surface area contributed by atoms with Gasteiger partial charge in [-0.05, 0) is 28.1 Å². The number of hydrogen-bond acceptors (Lipinski definition) is 3. The Morgan fingerprint density at radius 3 is 3.00 bits per heavy atom. The van der Waals surface area contributed by atoms with Crippen molar-refractivity contribution in [2.24, 2.45) is 0 Å². The lowest BCUT2D eigenvalue weighted by molar-refractivity contribution is 1.20. The van der Waals surface area contributed by atoms with Crippen LogP contribution in [0, 0.1) is 0 Å². The van der Waals surface area contributed by atoms with Crippen molar-refractivity contribution in [1.82, 2.24) is 15.0 Å². The van der Waals surface area contributed by atoms with E-state index in [1.807, 2.05) is 6.07 Å². The quantitative estimate of drug-likeness (QED) is 0.714. The minimum Gasteiger partial charge on any atom is -0.235 e. The fourth-order valence-electron chi connectivity index (χ4n) is 0.853. The van der Waals surface area contributed by atoms with Crippen molar-refractivity contribution >= 4 is 38.7 Å². The Labute approximate surface area is 81.9 Å². The van der Waals surface area contributed by atoms with Gasteiger partial charge in [0.25, 0.3) is 0 Å². The van der Waals surface area contributed by atoms with Crippen LogP contribution in [0.15, 0.2) is 22.9 Å². The molecule has 0 unspecified atom stereocenters. The average molecular weight is 244 g/mol. The number of hydrogen-bond donors (Lipinski definition) is 0. The van der Waals surface area contributed by atoms with Gasteiger partial charge in [0.1, 0.15) is 10.1 Å². The second-order valence-electron chi connectivity index (χ2n) is 2.15. The average Bonchev–Trinajstić information content (AvgIpc) is 2.07. The summed E-state index contributed by atoms with van der Waals surface area (Å²) in [4.78, 5) is 12.2. The number of aromatic nitrogens is 3. The highest BCUT2D eigenvalue weighted by molar-refractivity contribution is 9.10. The highest BCUT2D eigenvalue weighted by atomic mass is 79.9. The molecule has 2 aromatic heterocycles. The Morgan fingerprint density at radius 2 is 2.17 bits per heavy atom. The van der Waals surface area contributed by atoms with Gasteiger partial charge in [-0.25, -0.2) is 15.0 Å². The van der Waals surface area contributed by atoms with E-state index in [9.17, 15) is 0 Å². The second kappa shape index (κ2) is 2.95. The molecule has 3 nitrogen and oxygen atoms in total. The predicted octanol–water partition coefficient (Wildman–Crippen LogP) is 2.44. The predicted molar refractivity (Wildman–Crippen MR) is 50.0 cm³/mol. The van der Waals surface area contributed by atoms with Crippen LogP contribution in [0.3, 0.4) is 0 Å². The highest BCUT2D eigenvalue weighted by Crippen LogP contribution is 2.19. The summed E-state index contributed by atoms with van der Waals surface area (Å²) in [5.74, 6) is 0. The number of nitrogens with zero attached hydrogens (tertiary/aromatic N) is 3. The van der Waals surface area contributed by atoms with Gasteiger partial charge in [-0.1, -0.05) is 11.6 Å². The van der Waals surface area contributed by atoms with Gasteiger partial charge in [0.05, 0.1) is 0 Å². The number of rotatable bonds is 0. The molecule has 2 rings (SSSR count). The zero-order chi connectivity index (χ0) is 8.55. The van der Waals surface area contributed by atoms with Crippen molar-refractivity contribution in [2.45, 2.75) is 0 Å². The number of fused-ring (bicyclic) bond motifs is 1. The fraction of sp³-hybridized carbons (Fsp3) is 0. The summed E-state index contributed by atoms with van der Waals surface area (Å²) in [6.07, 6.45) is 1.65. The molecule has 0 aromatic carbocycles. The van der Waals surface area contributed by atoms with Crippen LogP contribution in [0.1, 0.15) is 0 Å². The smallest absolute Gasteiger partial charge is 0.179 e. The molecule has 0 amide bonds. The van der Waals surface area contributed by atoms with Crippen LogP contribution < -0.4 is 0 Å². The zero-order valence-electron chi connectivity index (χ0n) is 5.83. The molecule has 0 saturated carbocycles. The lowest BCUT2D eigenvalue weighted by Gasteiger charge is -1.96. The molecule has 0 fully saturated rings. The SMILES string of the molecule is Clc1nc2ncccc2nc1Br. The Balaban J connectivity index is 2.84. The van der Waals surface area contributed by atoms with E-state index in [4.69, 9.17) is 11.6 Å². The Bertz CT molecular complexity index is 391. The Hall–Kier alpha value is -0.740. The van der Waals surface area contributed by atoms with Crippen LogP contribution >= 0.6 is 27.5 Å². The van der Waals surface area contributed by atoms with Gasteiger partial charge in [0.15, 0.2) is 10.8 Å². The van der Waals surface area contributed by atoms with E-state index < -0.39 is 0 Å². The molecule has 0 radical (unpaired) electrons. The molecule has 0 aliphatic rings. The first kappa shape index (κ1) is 7.89. The van der Waals surface area contributed by atoms with Crippen LogP contribution in [0.5, 0.6) is 0 Å². The van der Waals surface area contributed by atoms with Crippen LogP contribution in [0.2, 0.25) is 5.15 Å². The Kier molecular flexibility index (Phi) is 1.94. The van der Waals surface area contributed by atoms with Crippen LogP contribution in [0.25, 0.3) is 11.2 Å². The fourth-order valence-corrected chi connectivity index (χ4v) is 1.25. The maximum atomic E-state index is 5.73. The summed E-state index contributed by atoms with van der Waals surface area (Å²) in [7, 11) is 0. The van der Waals surface area contributed by atoms with Crippen molar-refractivity contribution < 1.29 is 0 Å². The van der Waals surface area contributed by atoms with E-state index in [1.165, 1.54) is 0 Å². The van der Waals surface area contributed by atoms with E-state index in [-0.39, 0.29) is 0 Å². The zero-order valence-corrected chi connectivity index (χ0v) is 8.17. The minimum atomic E-state index is 0.334. The molecule has 60 valence electrons. The summed E-state index contributed by atoms with van der Waals surface area (Å²) < 4.78 is 0.546. The van der Waals surface area contributed by atoms with Gasteiger partial charge >= 0.3 is 0 Å². The molecule has 0 spiro atoms. The Morgan fingerprint density at radius 1 is 1.33 bits per heavy atom. The van der Waals surface area contributed by atoms with Crippen LogP contribution in [0.4, 0.5) is 0 Å². The monoisotopic (exact) mass is 243 g/mol. The molecule has 0 atom stereocenters. The van der Waals surface area contributed by atoms with Crippen molar-refractivity contribution in [1.29, 1.82) is 0 Å². The van der Waals surface area contributed by atoms with E-state index in [0.717, 1.165) is 5.52 Å². The van der Waals surface area contributed by atoms with Crippen molar-refractivity contribution in [3.8, 4) is 0 Å². The standard InChI is InChI=1S/C7H3BrClN3/c8-5-6(9)12-7-4(11-5)2-1-3-10-7/h1-3H. The molecule has 0 aliphatic heterocycles.